The van der Waals surface area contributed by atoms with Crippen molar-refractivity contribution in [2.45, 2.75) is 76.7 Å². The van der Waals surface area contributed by atoms with E-state index in [-0.39, 0.29) is 11.4 Å². The Balaban J connectivity index is 1.45. The van der Waals surface area contributed by atoms with Crippen molar-refractivity contribution >= 4 is 11.5 Å². The lowest BCUT2D eigenvalue weighted by atomic mass is 9.55. The molecule has 37 heavy (non-hydrogen) atoms. The van der Waals surface area contributed by atoms with Gasteiger partial charge in [0.1, 0.15) is 11.2 Å². The summed E-state index contributed by atoms with van der Waals surface area (Å²) < 4.78 is 17.7. The second kappa shape index (κ2) is 9.01. The van der Waals surface area contributed by atoms with Crippen molar-refractivity contribution in [2.24, 2.45) is 17.3 Å². The Bertz CT molecular complexity index is 1250. The minimum absolute atomic E-state index is 0.188. The van der Waals surface area contributed by atoms with Gasteiger partial charge < -0.3 is 14.2 Å². The molecule has 4 heteroatoms. The minimum atomic E-state index is -0.873. The molecular weight excluding hydrogens is 460 g/mol. The maximum absolute atomic E-state index is 13.8. The number of esters is 1. The number of carbonyl (C=O) groups excluding carboxylic acids is 1. The lowest BCUT2D eigenvalue weighted by molar-refractivity contribution is -0.145. The third-order valence-electron chi connectivity index (χ3n) is 10.5. The summed E-state index contributed by atoms with van der Waals surface area (Å²) in [7, 11) is 3.62. The molecule has 2 aromatic rings. The van der Waals surface area contributed by atoms with E-state index in [0.29, 0.717) is 30.5 Å². The van der Waals surface area contributed by atoms with Crippen molar-refractivity contribution in [2.75, 3.05) is 20.8 Å². The van der Waals surface area contributed by atoms with Crippen LogP contribution in [0.3, 0.4) is 0 Å². The quantitative estimate of drug-likeness (QED) is 0.407. The predicted molar refractivity (Wildman–Crippen MR) is 146 cm³/mol. The summed E-state index contributed by atoms with van der Waals surface area (Å²) in [5.41, 5.74) is 6.40. The molecule has 6 rings (SSSR count). The molecule has 4 nitrogen and oxygen atoms in total. The van der Waals surface area contributed by atoms with E-state index in [1.807, 2.05) is 32.2 Å². The summed E-state index contributed by atoms with van der Waals surface area (Å²) in [6.07, 6.45) is 7.50. The Labute approximate surface area is 221 Å². The zero-order chi connectivity index (χ0) is 25.9. The summed E-state index contributed by atoms with van der Waals surface area (Å²) in [6, 6.07) is 14.8. The van der Waals surface area contributed by atoms with E-state index in [2.05, 4.69) is 38.1 Å². The third kappa shape index (κ3) is 3.40. The normalized spacial score (nSPS) is 33.9. The highest BCUT2D eigenvalue weighted by atomic mass is 16.5. The molecule has 0 amide bonds. The van der Waals surface area contributed by atoms with E-state index in [4.69, 9.17) is 14.2 Å². The van der Waals surface area contributed by atoms with Crippen molar-refractivity contribution in [3.05, 3.63) is 70.3 Å². The third-order valence-corrected chi connectivity index (χ3v) is 10.5. The van der Waals surface area contributed by atoms with E-state index >= 15 is 0 Å². The Morgan fingerprint density at radius 2 is 1.84 bits per heavy atom. The number of hydrogen-bond acceptors (Lipinski definition) is 4. The van der Waals surface area contributed by atoms with Crippen LogP contribution in [0.15, 0.2) is 48.0 Å². The molecule has 0 radical (unpaired) electrons. The van der Waals surface area contributed by atoms with Crippen molar-refractivity contribution in [3.8, 4) is 5.75 Å². The fraction of sp³-hybridized carbons (Fsp3) is 0.545. The summed E-state index contributed by atoms with van der Waals surface area (Å²) >= 11 is 0. The number of hydrogen-bond donors (Lipinski definition) is 0. The van der Waals surface area contributed by atoms with Crippen LogP contribution in [0.25, 0.3) is 5.57 Å². The van der Waals surface area contributed by atoms with Gasteiger partial charge in [0, 0.05) is 12.7 Å². The highest BCUT2D eigenvalue weighted by Crippen LogP contribution is 2.65. The van der Waals surface area contributed by atoms with Gasteiger partial charge in [0.05, 0.1) is 19.8 Å². The average molecular weight is 501 g/mol. The summed E-state index contributed by atoms with van der Waals surface area (Å²) in [6.45, 7) is 6.79. The monoisotopic (exact) mass is 500 g/mol. The molecule has 2 aromatic carbocycles. The number of carbonyl (C=O) groups is 1. The summed E-state index contributed by atoms with van der Waals surface area (Å²) in [5, 5.41) is 0. The molecule has 0 aliphatic heterocycles. The second-order valence-corrected chi connectivity index (χ2v) is 11.8. The van der Waals surface area contributed by atoms with Crippen LogP contribution in [0.5, 0.6) is 5.75 Å². The van der Waals surface area contributed by atoms with E-state index in [1.165, 1.54) is 43.2 Å². The van der Waals surface area contributed by atoms with Gasteiger partial charge in [-0.1, -0.05) is 37.3 Å². The lowest BCUT2D eigenvalue weighted by Crippen LogP contribution is -2.44. The Kier molecular flexibility index (Phi) is 6.02. The van der Waals surface area contributed by atoms with Crippen LogP contribution in [-0.2, 0) is 26.1 Å². The van der Waals surface area contributed by atoms with Crippen LogP contribution in [-0.4, -0.2) is 32.9 Å². The van der Waals surface area contributed by atoms with Crippen molar-refractivity contribution < 1.29 is 19.0 Å². The van der Waals surface area contributed by atoms with E-state index in [0.717, 1.165) is 34.4 Å². The number of methoxy groups -OCH3 is 2. The first-order chi connectivity index (χ1) is 17.9. The highest BCUT2D eigenvalue weighted by molar-refractivity contribution is 6.15. The first-order valence-corrected chi connectivity index (χ1v) is 14.1. The smallest absolute Gasteiger partial charge is 0.325 e. The first-order valence-electron chi connectivity index (χ1n) is 14.1. The van der Waals surface area contributed by atoms with Crippen LogP contribution in [0.2, 0.25) is 0 Å². The molecule has 1 unspecified atom stereocenters. The summed E-state index contributed by atoms with van der Waals surface area (Å²) in [5.74, 6) is 2.52. The lowest BCUT2D eigenvalue weighted by Gasteiger charge is -2.50. The fourth-order valence-corrected chi connectivity index (χ4v) is 8.78. The van der Waals surface area contributed by atoms with Crippen LogP contribution < -0.4 is 4.74 Å². The molecule has 4 aliphatic carbocycles. The second-order valence-electron chi connectivity index (χ2n) is 11.8. The molecule has 2 fully saturated rings. The van der Waals surface area contributed by atoms with Crippen molar-refractivity contribution in [1.82, 2.24) is 0 Å². The molecule has 0 heterocycles. The number of benzene rings is 2. The number of fused-ring (bicyclic) bond motifs is 5. The Hall–Kier alpha value is -2.59. The maximum atomic E-state index is 13.8. The van der Waals surface area contributed by atoms with Gasteiger partial charge in [-0.3, -0.25) is 4.79 Å². The SMILES string of the molecule is CCOC(=O)C1(c2cc3c(cc2OC)CC[C@@H]2[C@@H]3CC[C@]3(C)[C@@H](OC)CC[C@@H]23)C(C)=C1c1ccccc1. The van der Waals surface area contributed by atoms with E-state index in [1.54, 1.807) is 7.11 Å². The van der Waals surface area contributed by atoms with Crippen molar-refractivity contribution in [3.63, 3.8) is 0 Å². The molecule has 196 valence electrons. The fourth-order valence-electron chi connectivity index (χ4n) is 8.78. The number of rotatable bonds is 6. The van der Waals surface area contributed by atoms with Gasteiger partial charge in [-0.25, -0.2) is 0 Å². The molecule has 6 atom stereocenters. The maximum Gasteiger partial charge on any atom is 0.325 e. The summed E-state index contributed by atoms with van der Waals surface area (Å²) in [4.78, 5) is 13.8. The molecule has 0 saturated heterocycles. The van der Waals surface area contributed by atoms with Gasteiger partial charge in [0.25, 0.3) is 0 Å². The van der Waals surface area contributed by atoms with Gasteiger partial charge in [-0.05, 0) is 116 Å². The van der Waals surface area contributed by atoms with Gasteiger partial charge in [-0.2, -0.15) is 0 Å². The first kappa shape index (κ1) is 24.7. The van der Waals surface area contributed by atoms with Crippen LogP contribution in [0.4, 0.5) is 0 Å². The predicted octanol–water partition coefficient (Wildman–Crippen LogP) is 6.85. The molecule has 0 spiro atoms. The Morgan fingerprint density at radius 1 is 1.05 bits per heavy atom. The molecule has 0 aromatic heterocycles. The zero-order valence-electron chi connectivity index (χ0n) is 22.9. The molecule has 2 saturated carbocycles. The van der Waals surface area contributed by atoms with Gasteiger partial charge in [-0.15, -0.1) is 0 Å². The van der Waals surface area contributed by atoms with Crippen molar-refractivity contribution in [1.29, 1.82) is 0 Å². The van der Waals surface area contributed by atoms with E-state index < -0.39 is 5.41 Å². The van der Waals surface area contributed by atoms with Crippen LogP contribution >= 0.6 is 0 Å². The molecule has 0 N–H and O–H groups in total. The highest BCUT2D eigenvalue weighted by Gasteiger charge is 2.62. The minimum Gasteiger partial charge on any atom is -0.496 e. The average Bonchev–Trinajstić information content (AvgIpc) is 3.39. The largest absolute Gasteiger partial charge is 0.496 e. The standard InChI is InChI=1S/C33H40O4/c1-6-37-31(34)33(20(2)30(33)21-10-8-7-9-11-21)27-19-25-22(18-28(27)35-4)12-13-24-23(25)16-17-32(3)26(24)14-15-29(32)36-5/h7-11,18-19,23-24,26,29H,6,12-17H2,1-5H3/t23-,24+,26-,29-,32-,33?/m0/s1. The van der Waals surface area contributed by atoms with Gasteiger partial charge in [0.15, 0.2) is 0 Å². The van der Waals surface area contributed by atoms with Gasteiger partial charge >= 0.3 is 5.97 Å². The Morgan fingerprint density at radius 3 is 2.54 bits per heavy atom. The van der Waals surface area contributed by atoms with E-state index in [9.17, 15) is 4.79 Å². The molecule has 4 aliphatic rings. The topological polar surface area (TPSA) is 44.8 Å². The van der Waals surface area contributed by atoms with Gasteiger partial charge in [0.2, 0.25) is 0 Å². The molecule has 0 bridgehead atoms. The number of ether oxygens (including phenoxy) is 3. The zero-order valence-corrected chi connectivity index (χ0v) is 22.9. The molecular formula is C33H40O4. The van der Waals surface area contributed by atoms with Crippen LogP contribution in [0, 0.1) is 17.3 Å². The number of aryl methyl sites for hydroxylation is 1. The van der Waals surface area contributed by atoms with Crippen LogP contribution in [0.1, 0.15) is 81.0 Å².